The minimum atomic E-state index is -0.525. The maximum atomic E-state index is 13.6. The van der Waals surface area contributed by atoms with Gasteiger partial charge in [-0.05, 0) is 48.4 Å². The smallest absolute Gasteiger partial charge is 0.282 e. The minimum Gasteiger partial charge on any atom is -0.350 e. The van der Waals surface area contributed by atoms with E-state index >= 15 is 0 Å². The largest absolute Gasteiger partial charge is 0.350 e. The zero-order chi connectivity index (χ0) is 20.5. The van der Waals surface area contributed by atoms with E-state index in [2.05, 4.69) is 5.32 Å². The summed E-state index contributed by atoms with van der Waals surface area (Å²) in [5.41, 5.74) is 2.31. The van der Waals surface area contributed by atoms with Crippen LogP contribution < -0.4 is 10.2 Å². The van der Waals surface area contributed by atoms with Crippen LogP contribution >= 0.6 is 11.6 Å². The van der Waals surface area contributed by atoms with Gasteiger partial charge in [0.25, 0.3) is 11.8 Å². The number of imide groups is 1. The van der Waals surface area contributed by atoms with E-state index < -0.39 is 17.6 Å². The van der Waals surface area contributed by atoms with Crippen LogP contribution in [-0.4, -0.2) is 11.8 Å². The van der Waals surface area contributed by atoms with Crippen molar-refractivity contribution in [3.63, 3.8) is 0 Å². The molecule has 144 valence electrons. The number of anilines is 2. The molecule has 4 rings (SSSR count). The lowest BCUT2D eigenvalue weighted by molar-refractivity contribution is -0.120. The second-order valence-corrected chi connectivity index (χ2v) is 6.99. The summed E-state index contributed by atoms with van der Waals surface area (Å²) in [6.45, 7) is 1.75. The lowest BCUT2D eigenvalue weighted by atomic mass is 10.0. The van der Waals surface area contributed by atoms with E-state index in [1.165, 1.54) is 18.2 Å². The highest BCUT2D eigenvalue weighted by Gasteiger charge is 2.41. The maximum Gasteiger partial charge on any atom is 0.282 e. The Morgan fingerprint density at radius 1 is 0.897 bits per heavy atom. The van der Waals surface area contributed by atoms with Gasteiger partial charge in [0, 0.05) is 10.7 Å². The Balaban J connectivity index is 1.85. The molecule has 3 aromatic rings. The molecule has 0 aliphatic carbocycles. The average Bonchev–Trinajstić information content (AvgIpc) is 2.95. The van der Waals surface area contributed by atoms with Gasteiger partial charge in [0.1, 0.15) is 11.5 Å². The standard InChI is InChI=1S/C23H16ClFN2O2/c1-14-18(24)11-6-12-19(14)27-22(28)20(15-7-3-2-4-8-15)21(23(27)29)26-17-10-5-9-16(25)13-17/h2-13,26H,1H3. The van der Waals surface area contributed by atoms with Gasteiger partial charge in [-0.1, -0.05) is 54.1 Å². The van der Waals surface area contributed by atoms with Crippen molar-refractivity contribution in [2.24, 2.45) is 0 Å². The Morgan fingerprint density at radius 3 is 2.34 bits per heavy atom. The predicted molar refractivity (Wildman–Crippen MR) is 112 cm³/mol. The van der Waals surface area contributed by atoms with Gasteiger partial charge >= 0.3 is 0 Å². The second kappa shape index (κ2) is 7.53. The van der Waals surface area contributed by atoms with Gasteiger partial charge in [-0.3, -0.25) is 9.59 Å². The number of nitrogens with zero attached hydrogens (tertiary/aromatic N) is 1. The van der Waals surface area contributed by atoms with Crippen molar-refractivity contribution in [2.75, 3.05) is 10.2 Å². The number of hydrogen-bond acceptors (Lipinski definition) is 3. The Hall–Kier alpha value is -3.44. The van der Waals surface area contributed by atoms with Crippen LogP contribution in [0.15, 0.2) is 78.5 Å². The monoisotopic (exact) mass is 406 g/mol. The van der Waals surface area contributed by atoms with Crippen molar-refractivity contribution < 1.29 is 14.0 Å². The van der Waals surface area contributed by atoms with Crippen molar-refractivity contribution in [2.45, 2.75) is 6.92 Å². The van der Waals surface area contributed by atoms with Crippen molar-refractivity contribution >= 4 is 40.4 Å². The van der Waals surface area contributed by atoms with Crippen LogP contribution in [0, 0.1) is 12.7 Å². The summed E-state index contributed by atoms with van der Waals surface area (Å²) >= 11 is 6.20. The number of amides is 2. The van der Waals surface area contributed by atoms with E-state index in [1.54, 1.807) is 55.5 Å². The zero-order valence-electron chi connectivity index (χ0n) is 15.4. The molecule has 0 atom stereocenters. The van der Waals surface area contributed by atoms with Crippen molar-refractivity contribution in [1.82, 2.24) is 0 Å². The molecule has 0 bridgehead atoms. The van der Waals surface area contributed by atoms with Gasteiger partial charge in [-0.25, -0.2) is 9.29 Å². The number of rotatable bonds is 4. The molecular weight excluding hydrogens is 391 g/mol. The van der Waals surface area contributed by atoms with Crippen LogP contribution in [0.3, 0.4) is 0 Å². The molecule has 2 amide bonds. The summed E-state index contributed by atoms with van der Waals surface area (Å²) in [6.07, 6.45) is 0. The molecule has 0 saturated carbocycles. The van der Waals surface area contributed by atoms with Crippen molar-refractivity contribution in [1.29, 1.82) is 0 Å². The molecule has 1 N–H and O–H groups in total. The number of carbonyl (C=O) groups excluding carboxylic acids is 2. The Labute approximate surface area is 172 Å². The topological polar surface area (TPSA) is 49.4 Å². The van der Waals surface area contributed by atoms with E-state index in [0.29, 0.717) is 27.5 Å². The van der Waals surface area contributed by atoms with Crippen LogP contribution in [0.2, 0.25) is 5.02 Å². The number of hydrogen-bond donors (Lipinski definition) is 1. The van der Waals surface area contributed by atoms with Gasteiger partial charge < -0.3 is 5.32 Å². The summed E-state index contributed by atoms with van der Waals surface area (Å²) in [5.74, 6) is -1.44. The fourth-order valence-electron chi connectivity index (χ4n) is 3.29. The van der Waals surface area contributed by atoms with Gasteiger partial charge in [0.05, 0.1) is 11.3 Å². The van der Waals surface area contributed by atoms with E-state index in [4.69, 9.17) is 11.6 Å². The molecule has 1 aliphatic rings. The molecule has 0 saturated heterocycles. The van der Waals surface area contributed by atoms with E-state index in [-0.39, 0.29) is 11.3 Å². The van der Waals surface area contributed by atoms with E-state index in [1.807, 2.05) is 6.07 Å². The molecule has 0 radical (unpaired) electrons. The maximum absolute atomic E-state index is 13.6. The lowest BCUT2D eigenvalue weighted by Gasteiger charge is -2.18. The Kier molecular flexibility index (Phi) is 4.91. The fraction of sp³-hybridized carbons (Fsp3) is 0.0435. The number of carbonyl (C=O) groups is 2. The summed E-state index contributed by atoms with van der Waals surface area (Å²) in [4.78, 5) is 27.7. The summed E-state index contributed by atoms with van der Waals surface area (Å²) < 4.78 is 13.6. The third-order valence-electron chi connectivity index (χ3n) is 4.72. The summed E-state index contributed by atoms with van der Waals surface area (Å²) in [7, 11) is 0. The highest BCUT2D eigenvalue weighted by atomic mass is 35.5. The molecule has 3 aromatic carbocycles. The van der Waals surface area contributed by atoms with Gasteiger partial charge in [0.2, 0.25) is 0 Å². The Morgan fingerprint density at radius 2 is 1.62 bits per heavy atom. The molecule has 0 aromatic heterocycles. The van der Waals surface area contributed by atoms with Gasteiger partial charge in [0.15, 0.2) is 0 Å². The third kappa shape index (κ3) is 3.41. The van der Waals surface area contributed by atoms with Crippen LogP contribution in [0.5, 0.6) is 0 Å². The van der Waals surface area contributed by atoms with Crippen molar-refractivity contribution in [3.05, 3.63) is 100 Å². The molecule has 6 heteroatoms. The number of benzene rings is 3. The van der Waals surface area contributed by atoms with Crippen LogP contribution in [-0.2, 0) is 9.59 Å². The molecule has 1 heterocycles. The molecule has 0 unspecified atom stereocenters. The highest BCUT2D eigenvalue weighted by Crippen LogP contribution is 2.36. The zero-order valence-corrected chi connectivity index (χ0v) is 16.2. The van der Waals surface area contributed by atoms with Crippen LogP contribution in [0.25, 0.3) is 5.57 Å². The first-order chi connectivity index (χ1) is 14.0. The molecular formula is C23H16ClFN2O2. The molecule has 1 aliphatic heterocycles. The normalized spacial score (nSPS) is 14.0. The number of nitrogens with one attached hydrogen (secondary N) is 1. The van der Waals surface area contributed by atoms with Crippen LogP contribution in [0.4, 0.5) is 15.8 Å². The van der Waals surface area contributed by atoms with Crippen molar-refractivity contribution in [3.8, 4) is 0 Å². The third-order valence-corrected chi connectivity index (χ3v) is 5.13. The average molecular weight is 407 g/mol. The first-order valence-electron chi connectivity index (χ1n) is 8.93. The van der Waals surface area contributed by atoms with Crippen LogP contribution in [0.1, 0.15) is 11.1 Å². The second-order valence-electron chi connectivity index (χ2n) is 6.58. The van der Waals surface area contributed by atoms with E-state index in [0.717, 1.165) is 4.90 Å². The van der Waals surface area contributed by atoms with E-state index in [9.17, 15) is 14.0 Å². The quantitative estimate of drug-likeness (QED) is 0.607. The molecule has 29 heavy (non-hydrogen) atoms. The summed E-state index contributed by atoms with van der Waals surface area (Å²) in [6, 6.07) is 19.7. The minimum absolute atomic E-state index is 0.0891. The highest BCUT2D eigenvalue weighted by molar-refractivity contribution is 6.46. The Bertz CT molecular complexity index is 1160. The first-order valence-corrected chi connectivity index (χ1v) is 9.31. The first kappa shape index (κ1) is 18.9. The summed E-state index contributed by atoms with van der Waals surface area (Å²) in [5, 5.41) is 3.39. The molecule has 0 fully saturated rings. The predicted octanol–water partition coefficient (Wildman–Crippen LogP) is 5.18. The lowest BCUT2D eigenvalue weighted by Crippen LogP contribution is -2.33. The number of halogens is 2. The van der Waals surface area contributed by atoms with Gasteiger partial charge in [-0.15, -0.1) is 0 Å². The molecule has 4 nitrogen and oxygen atoms in total. The fourth-order valence-corrected chi connectivity index (χ4v) is 3.46. The SMILES string of the molecule is Cc1c(Cl)cccc1N1C(=O)C(Nc2cccc(F)c2)=C(c2ccccc2)C1=O. The van der Waals surface area contributed by atoms with Gasteiger partial charge in [-0.2, -0.15) is 0 Å². The molecule has 0 spiro atoms.